The minimum atomic E-state index is -0.314. The van der Waals surface area contributed by atoms with Crippen LogP contribution in [0.15, 0.2) is 42.5 Å². The standard InChI is InChI=1S/C18H17ClN2O3/c1-20-17(22)11-2-5-13(6-3-11)21-18(23)14-8-9-24-16-7-4-12(19)10-15(14)16/h2-7,10,14H,8-9H2,1H3,(H,20,22)(H,21,23)/t14-/m0/s1. The first-order valence-electron chi connectivity index (χ1n) is 7.64. The molecule has 6 heteroatoms. The molecule has 2 aromatic rings. The Kier molecular flexibility index (Phi) is 4.71. The van der Waals surface area contributed by atoms with E-state index in [-0.39, 0.29) is 17.7 Å². The van der Waals surface area contributed by atoms with Crippen LogP contribution in [0, 0.1) is 0 Å². The minimum absolute atomic E-state index is 0.116. The Bertz CT molecular complexity index is 774. The highest BCUT2D eigenvalue weighted by atomic mass is 35.5. The normalized spacial score (nSPS) is 15.8. The number of carbonyl (C=O) groups excluding carboxylic acids is 2. The van der Waals surface area contributed by atoms with E-state index in [0.29, 0.717) is 35.1 Å². The molecule has 0 aliphatic carbocycles. The number of nitrogens with one attached hydrogen (secondary N) is 2. The number of carbonyl (C=O) groups is 2. The second-order valence-corrected chi connectivity index (χ2v) is 5.95. The molecule has 1 aliphatic rings. The Hall–Kier alpha value is -2.53. The molecule has 0 spiro atoms. The summed E-state index contributed by atoms with van der Waals surface area (Å²) in [5, 5.41) is 6.02. The molecule has 0 unspecified atom stereocenters. The molecule has 2 amide bonds. The molecular weight excluding hydrogens is 328 g/mol. The average molecular weight is 345 g/mol. The number of rotatable bonds is 3. The van der Waals surface area contributed by atoms with Crippen molar-refractivity contribution in [3.05, 3.63) is 58.6 Å². The van der Waals surface area contributed by atoms with Crippen LogP contribution in [0.4, 0.5) is 5.69 Å². The molecule has 0 radical (unpaired) electrons. The first kappa shape index (κ1) is 16.3. The zero-order valence-corrected chi connectivity index (χ0v) is 13.9. The third-order valence-corrected chi connectivity index (χ3v) is 4.20. The third-order valence-electron chi connectivity index (χ3n) is 3.97. The van der Waals surface area contributed by atoms with Crippen molar-refractivity contribution < 1.29 is 14.3 Å². The number of hydrogen-bond acceptors (Lipinski definition) is 3. The lowest BCUT2D eigenvalue weighted by molar-refractivity contribution is -0.118. The molecule has 0 saturated heterocycles. The van der Waals surface area contributed by atoms with Crippen LogP contribution in [0.2, 0.25) is 5.02 Å². The van der Waals surface area contributed by atoms with Gasteiger partial charge >= 0.3 is 0 Å². The van der Waals surface area contributed by atoms with E-state index in [1.165, 1.54) is 0 Å². The number of benzene rings is 2. The van der Waals surface area contributed by atoms with Crippen molar-refractivity contribution in [3.63, 3.8) is 0 Å². The number of fused-ring (bicyclic) bond motifs is 1. The van der Waals surface area contributed by atoms with Gasteiger partial charge in [-0.2, -0.15) is 0 Å². The van der Waals surface area contributed by atoms with Gasteiger partial charge in [-0.05, 0) is 48.9 Å². The first-order chi connectivity index (χ1) is 11.6. The first-order valence-corrected chi connectivity index (χ1v) is 8.01. The van der Waals surface area contributed by atoms with Gasteiger partial charge in [-0.25, -0.2) is 0 Å². The maximum Gasteiger partial charge on any atom is 0.251 e. The van der Waals surface area contributed by atoms with E-state index in [9.17, 15) is 9.59 Å². The lowest BCUT2D eigenvalue weighted by Gasteiger charge is -2.25. The van der Waals surface area contributed by atoms with Crippen LogP contribution in [0.25, 0.3) is 0 Å². The van der Waals surface area contributed by atoms with Crippen molar-refractivity contribution in [2.45, 2.75) is 12.3 Å². The van der Waals surface area contributed by atoms with E-state index in [1.54, 1.807) is 49.5 Å². The van der Waals surface area contributed by atoms with Gasteiger partial charge in [0.1, 0.15) is 5.75 Å². The molecule has 1 heterocycles. The lowest BCUT2D eigenvalue weighted by atomic mass is 9.92. The van der Waals surface area contributed by atoms with Gasteiger partial charge in [-0.1, -0.05) is 11.6 Å². The van der Waals surface area contributed by atoms with Gasteiger partial charge in [-0.15, -0.1) is 0 Å². The Morgan fingerprint density at radius 3 is 2.62 bits per heavy atom. The van der Waals surface area contributed by atoms with E-state index >= 15 is 0 Å². The van der Waals surface area contributed by atoms with Crippen LogP contribution in [-0.2, 0) is 4.79 Å². The fraction of sp³-hybridized carbons (Fsp3) is 0.222. The van der Waals surface area contributed by atoms with E-state index in [2.05, 4.69) is 10.6 Å². The molecule has 1 aliphatic heterocycles. The quantitative estimate of drug-likeness (QED) is 0.898. The van der Waals surface area contributed by atoms with E-state index in [0.717, 1.165) is 5.56 Å². The largest absolute Gasteiger partial charge is 0.493 e. The second kappa shape index (κ2) is 6.93. The molecule has 0 aromatic heterocycles. The molecule has 2 aromatic carbocycles. The average Bonchev–Trinajstić information content (AvgIpc) is 2.61. The summed E-state index contributed by atoms with van der Waals surface area (Å²) in [6, 6.07) is 12.1. The molecule has 0 fully saturated rings. The molecule has 1 atom stereocenters. The Morgan fingerprint density at radius 1 is 1.17 bits per heavy atom. The smallest absolute Gasteiger partial charge is 0.251 e. The maximum atomic E-state index is 12.6. The van der Waals surface area contributed by atoms with Crippen LogP contribution >= 0.6 is 11.6 Å². The number of anilines is 1. The highest BCUT2D eigenvalue weighted by molar-refractivity contribution is 6.30. The molecule has 0 saturated carbocycles. The SMILES string of the molecule is CNC(=O)c1ccc(NC(=O)[C@H]2CCOc3ccc(Cl)cc32)cc1. The summed E-state index contributed by atoms with van der Waals surface area (Å²) in [6.45, 7) is 0.488. The van der Waals surface area contributed by atoms with E-state index in [4.69, 9.17) is 16.3 Å². The van der Waals surface area contributed by atoms with Gasteiger partial charge in [-0.3, -0.25) is 9.59 Å². The van der Waals surface area contributed by atoms with Crippen molar-refractivity contribution in [2.75, 3.05) is 19.0 Å². The number of halogens is 1. The Labute approximate surface area is 145 Å². The summed E-state index contributed by atoms with van der Waals surface area (Å²) in [4.78, 5) is 24.2. The van der Waals surface area contributed by atoms with Crippen molar-refractivity contribution in [1.82, 2.24) is 5.32 Å². The summed E-state index contributed by atoms with van der Waals surface area (Å²) in [7, 11) is 1.58. The van der Waals surface area contributed by atoms with Crippen LogP contribution in [-0.4, -0.2) is 25.5 Å². The van der Waals surface area contributed by atoms with E-state index in [1.807, 2.05) is 0 Å². The summed E-state index contributed by atoms with van der Waals surface area (Å²) in [5.41, 5.74) is 1.98. The van der Waals surface area contributed by atoms with Crippen molar-refractivity contribution in [2.24, 2.45) is 0 Å². The monoisotopic (exact) mass is 344 g/mol. The maximum absolute atomic E-state index is 12.6. The molecule has 2 N–H and O–H groups in total. The summed E-state index contributed by atoms with van der Waals surface area (Å²) in [5.74, 6) is 0.0993. The predicted octanol–water partition coefficient (Wildman–Crippen LogP) is 3.20. The van der Waals surface area contributed by atoms with Gasteiger partial charge in [0.25, 0.3) is 5.91 Å². The highest BCUT2D eigenvalue weighted by Crippen LogP contribution is 2.36. The molecule has 3 rings (SSSR count). The second-order valence-electron chi connectivity index (χ2n) is 5.52. The lowest BCUT2D eigenvalue weighted by Crippen LogP contribution is -2.26. The van der Waals surface area contributed by atoms with Crippen molar-refractivity contribution >= 4 is 29.1 Å². The van der Waals surface area contributed by atoms with Crippen LogP contribution < -0.4 is 15.4 Å². The van der Waals surface area contributed by atoms with Crippen LogP contribution in [0.1, 0.15) is 28.3 Å². The van der Waals surface area contributed by atoms with E-state index < -0.39 is 0 Å². The Balaban J connectivity index is 1.76. The number of ether oxygens (including phenoxy) is 1. The topological polar surface area (TPSA) is 67.4 Å². The van der Waals surface area contributed by atoms with Crippen molar-refractivity contribution in [3.8, 4) is 5.75 Å². The zero-order valence-electron chi connectivity index (χ0n) is 13.1. The molecule has 5 nitrogen and oxygen atoms in total. The molecule has 0 bridgehead atoms. The molecule has 124 valence electrons. The zero-order chi connectivity index (χ0) is 17.1. The summed E-state index contributed by atoms with van der Waals surface area (Å²) >= 11 is 6.04. The van der Waals surface area contributed by atoms with Gasteiger partial charge in [0.2, 0.25) is 5.91 Å². The number of hydrogen-bond donors (Lipinski definition) is 2. The highest BCUT2D eigenvalue weighted by Gasteiger charge is 2.28. The molecule has 24 heavy (non-hydrogen) atoms. The van der Waals surface area contributed by atoms with Gasteiger partial charge in [0.15, 0.2) is 0 Å². The third kappa shape index (κ3) is 3.36. The van der Waals surface area contributed by atoms with Gasteiger partial charge in [0.05, 0.1) is 12.5 Å². The minimum Gasteiger partial charge on any atom is -0.493 e. The Morgan fingerprint density at radius 2 is 1.92 bits per heavy atom. The fourth-order valence-corrected chi connectivity index (χ4v) is 2.90. The van der Waals surface area contributed by atoms with Gasteiger partial charge in [0, 0.05) is 28.9 Å². The van der Waals surface area contributed by atoms with Crippen molar-refractivity contribution in [1.29, 1.82) is 0 Å². The summed E-state index contributed by atoms with van der Waals surface area (Å²) in [6.07, 6.45) is 0.593. The van der Waals surface area contributed by atoms with Crippen LogP contribution in [0.3, 0.4) is 0 Å². The summed E-state index contributed by atoms with van der Waals surface area (Å²) < 4.78 is 5.58. The van der Waals surface area contributed by atoms with Gasteiger partial charge < -0.3 is 15.4 Å². The fourth-order valence-electron chi connectivity index (χ4n) is 2.72. The predicted molar refractivity (Wildman–Crippen MR) is 92.8 cm³/mol. The van der Waals surface area contributed by atoms with Crippen LogP contribution in [0.5, 0.6) is 5.75 Å². The number of amides is 2. The molecular formula is C18H17ClN2O3.